The Morgan fingerprint density at radius 2 is 2.67 bits per heavy atom. The van der Waals surface area contributed by atoms with Crippen LogP contribution < -0.4 is 5.32 Å². The second-order valence-electron chi connectivity index (χ2n) is 2.06. The molecule has 0 radical (unpaired) electrons. The number of nitrogens with one attached hydrogen (secondary N) is 1. The highest BCUT2D eigenvalue weighted by atomic mass is 32.1. The molecule has 1 aromatic heterocycles. The molecule has 0 bridgehead atoms. The van der Waals surface area contributed by atoms with E-state index >= 15 is 0 Å². The number of nitrogens with zero attached hydrogens (tertiary/aromatic N) is 2. The van der Waals surface area contributed by atoms with Crippen molar-refractivity contribution in [1.82, 2.24) is 4.98 Å². The molecule has 0 aliphatic rings. The first-order chi connectivity index (χ1) is 5.88. The van der Waals surface area contributed by atoms with E-state index in [1.807, 2.05) is 0 Å². The Balaban J connectivity index is 2.46. The van der Waals surface area contributed by atoms with E-state index in [0.29, 0.717) is 23.8 Å². The molecule has 0 aliphatic carbocycles. The number of methoxy groups -OCH3 is 1. The normalized spacial score (nSPS) is 9.33. The lowest BCUT2D eigenvalue weighted by Crippen LogP contribution is -2.08. The highest BCUT2D eigenvalue weighted by Gasteiger charge is 2.02. The number of nitriles is 1. The van der Waals surface area contributed by atoms with Crippen LogP contribution in [0.15, 0.2) is 5.51 Å². The van der Waals surface area contributed by atoms with Gasteiger partial charge in [-0.1, -0.05) is 0 Å². The van der Waals surface area contributed by atoms with Crippen LogP contribution in [0.25, 0.3) is 0 Å². The summed E-state index contributed by atoms with van der Waals surface area (Å²) >= 11 is 1.33. The van der Waals surface area contributed by atoms with Crippen LogP contribution in [0.5, 0.6) is 0 Å². The van der Waals surface area contributed by atoms with Crippen molar-refractivity contribution < 1.29 is 4.74 Å². The second-order valence-corrected chi connectivity index (χ2v) is 2.92. The summed E-state index contributed by atoms with van der Waals surface area (Å²) in [6.07, 6.45) is 0. The quantitative estimate of drug-likeness (QED) is 0.709. The Hall–Kier alpha value is -1.12. The lowest BCUT2D eigenvalue weighted by Gasteiger charge is -2.00. The van der Waals surface area contributed by atoms with Crippen molar-refractivity contribution in [1.29, 1.82) is 5.26 Å². The van der Waals surface area contributed by atoms with Crippen molar-refractivity contribution in [3.05, 3.63) is 10.4 Å². The lowest BCUT2D eigenvalue weighted by molar-refractivity contribution is 0.210. The highest BCUT2D eigenvalue weighted by molar-refractivity contribution is 7.10. The molecule has 1 rings (SSSR count). The smallest absolute Gasteiger partial charge is 0.155 e. The molecule has 0 atom stereocenters. The van der Waals surface area contributed by atoms with Gasteiger partial charge in [-0.25, -0.2) is 4.98 Å². The Labute approximate surface area is 74.8 Å². The van der Waals surface area contributed by atoms with E-state index in [-0.39, 0.29) is 0 Å². The molecule has 64 valence electrons. The third kappa shape index (κ3) is 2.19. The molecule has 1 N–H and O–H groups in total. The summed E-state index contributed by atoms with van der Waals surface area (Å²) in [6.45, 7) is 1.29. The predicted octanol–water partition coefficient (Wildman–Crippen LogP) is 1.07. The van der Waals surface area contributed by atoms with E-state index in [1.165, 1.54) is 11.3 Å². The molecule has 0 fully saturated rings. The second kappa shape index (κ2) is 4.70. The summed E-state index contributed by atoms with van der Waals surface area (Å²) in [5.41, 5.74) is 1.65. The van der Waals surface area contributed by atoms with E-state index in [9.17, 15) is 0 Å². The molecule has 0 aliphatic heterocycles. The van der Waals surface area contributed by atoms with E-state index in [4.69, 9.17) is 10.00 Å². The van der Waals surface area contributed by atoms with Crippen molar-refractivity contribution in [3.63, 3.8) is 0 Å². The summed E-state index contributed by atoms with van der Waals surface area (Å²) in [7, 11) is 1.63. The van der Waals surface area contributed by atoms with Gasteiger partial charge in [0.05, 0.1) is 12.1 Å². The van der Waals surface area contributed by atoms with Gasteiger partial charge in [-0.2, -0.15) is 5.26 Å². The fourth-order valence-electron chi connectivity index (χ4n) is 0.723. The largest absolute Gasteiger partial charge is 0.383 e. The van der Waals surface area contributed by atoms with Gasteiger partial charge in [0.25, 0.3) is 0 Å². The van der Waals surface area contributed by atoms with Crippen LogP contribution in [0.1, 0.15) is 4.88 Å². The van der Waals surface area contributed by atoms with Gasteiger partial charge < -0.3 is 10.1 Å². The number of anilines is 1. The van der Waals surface area contributed by atoms with E-state index in [1.54, 1.807) is 12.6 Å². The predicted molar refractivity (Wildman–Crippen MR) is 47.2 cm³/mol. The molecule has 0 spiro atoms. The highest BCUT2D eigenvalue weighted by Crippen LogP contribution is 2.16. The van der Waals surface area contributed by atoms with Crippen LogP contribution in [-0.4, -0.2) is 25.2 Å². The molecule has 0 amide bonds. The standard InChI is InChI=1S/C7H9N3OS/c1-11-3-2-9-7-6(4-8)12-5-10-7/h5,9H,2-3H2,1H3. The summed E-state index contributed by atoms with van der Waals surface area (Å²) < 4.78 is 4.84. The van der Waals surface area contributed by atoms with Crippen molar-refractivity contribution in [2.75, 3.05) is 25.6 Å². The minimum absolute atomic E-state index is 0.613. The first-order valence-corrected chi connectivity index (χ1v) is 4.33. The molecule has 0 saturated heterocycles. The Morgan fingerprint density at radius 3 is 3.33 bits per heavy atom. The Morgan fingerprint density at radius 1 is 1.83 bits per heavy atom. The minimum Gasteiger partial charge on any atom is -0.383 e. The van der Waals surface area contributed by atoms with E-state index in [0.717, 1.165) is 0 Å². The average Bonchev–Trinajstić information content (AvgIpc) is 2.52. The molecule has 0 aromatic carbocycles. The molecule has 0 unspecified atom stereocenters. The van der Waals surface area contributed by atoms with Gasteiger partial charge >= 0.3 is 0 Å². The molecule has 1 aromatic rings. The Kier molecular flexibility index (Phi) is 3.51. The van der Waals surface area contributed by atoms with Crippen LogP contribution in [-0.2, 0) is 4.74 Å². The molecule has 4 nitrogen and oxygen atoms in total. The first kappa shape index (κ1) is 8.97. The maximum Gasteiger partial charge on any atom is 0.155 e. The van der Waals surface area contributed by atoms with Crippen LogP contribution in [0, 0.1) is 11.3 Å². The third-order valence-corrected chi connectivity index (χ3v) is 2.00. The zero-order valence-electron chi connectivity index (χ0n) is 6.70. The molecule has 12 heavy (non-hydrogen) atoms. The number of rotatable bonds is 4. The van der Waals surface area contributed by atoms with Gasteiger partial charge in [-0.15, -0.1) is 11.3 Å². The van der Waals surface area contributed by atoms with Crippen LogP contribution in [0.4, 0.5) is 5.82 Å². The van der Waals surface area contributed by atoms with Gasteiger partial charge in [0.15, 0.2) is 5.82 Å². The summed E-state index contributed by atoms with van der Waals surface area (Å²) in [6, 6.07) is 2.06. The van der Waals surface area contributed by atoms with Crippen LogP contribution in [0.2, 0.25) is 0 Å². The fraction of sp³-hybridized carbons (Fsp3) is 0.429. The molecule has 0 saturated carbocycles. The number of hydrogen-bond acceptors (Lipinski definition) is 5. The number of thiazole rings is 1. The molecule has 1 heterocycles. The van der Waals surface area contributed by atoms with Gasteiger partial charge in [0.1, 0.15) is 10.9 Å². The van der Waals surface area contributed by atoms with Crippen molar-refractivity contribution >= 4 is 17.2 Å². The van der Waals surface area contributed by atoms with Crippen molar-refractivity contribution in [2.24, 2.45) is 0 Å². The molecule has 5 heteroatoms. The molecular formula is C7H9N3OS. The van der Waals surface area contributed by atoms with Gasteiger partial charge in [-0.3, -0.25) is 0 Å². The maximum absolute atomic E-state index is 8.61. The number of hydrogen-bond donors (Lipinski definition) is 1. The van der Waals surface area contributed by atoms with Gasteiger partial charge in [-0.05, 0) is 0 Å². The Bertz CT molecular complexity index is 278. The summed E-state index contributed by atoms with van der Waals surface area (Å²) in [4.78, 5) is 4.60. The van der Waals surface area contributed by atoms with Crippen molar-refractivity contribution in [3.8, 4) is 6.07 Å². The van der Waals surface area contributed by atoms with Gasteiger partial charge in [0.2, 0.25) is 0 Å². The van der Waals surface area contributed by atoms with Crippen LogP contribution >= 0.6 is 11.3 Å². The summed E-state index contributed by atoms with van der Waals surface area (Å²) in [5, 5.41) is 11.6. The lowest BCUT2D eigenvalue weighted by atomic mass is 10.5. The average molecular weight is 183 g/mol. The third-order valence-electron chi connectivity index (χ3n) is 1.27. The summed E-state index contributed by atoms with van der Waals surface area (Å²) in [5.74, 6) is 0.652. The first-order valence-electron chi connectivity index (χ1n) is 3.45. The topological polar surface area (TPSA) is 57.9 Å². The van der Waals surface area contributed by atoms with E-state index in [2.05, 4.69) is 16.4 Å². The molecular weight excluding hydrogens is 174 g/mol. The maximum atomic E-state index is 8.61. The van der Waals surface area contributed by atoms with Crippen LogP contribution in [0.3, 0.4) is 0 Å². The zero-order chi connectivity index (χ0) is 8.81. The zero-order valence-corrected chi connectivity index (χ0v) is 7.52. The van der Waals surface area contributed by atoms with Crippen molar-refractivity contribution in [2.45, 2.75) is 0 Å². The fourth-order valence-corrected chi connectivity index (χ4v) is 1.28. The monoisotopic (exact) mass is 183 g/mol. The number of ether oxygens (including phenoxy) is 1. The van der Waals surface area contributed by atoms with E-state index < -0.39 is 0 Å². The SMILES string of the molecule is COCCNc1ncsc1C#N. The van der Waals surface area contributed by atoms with Gasteiger partial charge in [0, 0.05) is 13.7 Å². The number of aromatic nitrogens is 1. The minimum atomic E-state index is 0.613.